The van der Waals surface area contributed by atoms with E-state index in [0.717, 1.165) is 35.2 Å². The zero-order valence-electron chi connectivity index (χ0n) is 17.3. The number of hydrogen-bond acceptors (Lipinski definition) is 5. The first-order valence-corrected chi connectivity index (χ1v) is 10.5. The molecule has 0 saturated carbocycles. The van der Waals surface area contributed by atoms with Crippen molar-refractivity contribution in [1.29, 1.82) is 0 Å². The molecule has 2 aliphatic rings. The van der Waals surface area contributed by atoms with Gasteiger partial charge in [0.05, 0.1) is 7.11 Å². The lowest BCUT2D eigenvalue weighted by molar-refractivity contribution is -0.175. The van der Waals surface area contributed by atoms with Crippen LogP contribution < -0.4 is 10.1 Å². The van der Waals surface area contributed by atoms with Gasteiger partial charge in [0.1, 0.15) is 12.1 Å². The van der Waals surface area contributed by atoms with Crippen LogP contribution in [0.4, 0.5) is 19.1 Å². The first-order chi connectivity index (χ1) is 14.9. The molecule has 2 aliphatic heterocycles. The van der Waals surface area contributed by atoms with E-state index >= 15 is 0 Å². The number of fused-ring (bicyclic) bond motifs is 1. The standard InChI is InChI=1S/C21H26F3N5O2/c1-31-17-7-3-2-5-14(17)8-9-19(30)28-10-4-6-15(12-28)16-11-18(21(22,23)24)29-20(27-16)25-13-26-29/h2-3,5,7,13,15-16,18H,4,6,8-12H2,1H3,(H,25,26,27)/t15?,16-,18+/m0/s1. The number of likely N-dealkylation sites (tertiary alicyclic amines) is 1. The average molecular weight is 437 g/mol. The summed E-state index contributed by atoms with van der Waals surface area (Å²) in [4.78, 5) is 18.6. The van der Waals surface area contributed by atoms with E-state index in [1.165, 1.54) is 0 Å². The maximum absolute atomic E-state index is 13.6. The summed E-state index contributed by atoms with van der Waals surface area (Å²) in [6.07, 6.45) is -0.942. The molecule has 10 heteroatoms. The fourth-order valence-electron chi connectivity index (χ4n) is 4.60. The van der Waals surface area contributed by atoms with E-state index in [-0.39, 0.29) is 24.2 Å². The van der Waals surface area contributed by atoms with Crippen LogP contribution >= 0.6 is 0 Å². The molecule has 1 N–H and O–H groups in total. The maximum Gasteiger partial charge on any atom is 0.411 e. The van der Waals surface area contributed by atoms with E-state index in [1.54, 1.807) is 12.0 Å². The predicted octanol–water partition coefficient (Wildman–Crippen LogP) is 3.45. The lowest BCUT2D eigenvalue weighted by Gasteiger charge is -2.41. The van der Waals surface area contributed by atoms with Gasteiger partial charge in [-0.2, -0.15) is 23.3 Å². The van der Waals surface area contributed by atoms with E-state index in [2.05, 4.69) is 15.4 Å². The Balaban J connectivity index is 1.40. The number of aryl methyl sites for hydroxylation is 1. The fraction of sp³-hybridized carbons (Fsp3) is 0.571. The Hall–Kier alpha value is -2.78. The number of methoxy groups -OCH3 is 1. The second-order valence-corrected chi connectivity index (χ2v) is 8.13. The number of aromatic nitrogens is 3. The number of carbonyl (C=O) groups is 1. The van der Waals surface area contributed by atoms with Gasteiger partial charge in [-0.25, -0.2) is 4.68 Å². The van der Waals surface area contributed by atoms with E-state index < -0.39 is 18.3 Å². The number of anilines is 1. The highest BCUT2D eigenvalue weighted by atomic mass is 19.4. The molecule has 0 aliphatic carbocycles. The Kier molecular flexibility index (Phi) is 6.06. The van der Waals surface area contributed by atoms with Gasteiger partial charge in [0, 0.05) is 25.6 Å². The van der Waals surface area contributed by atoms with Gasteiger partial charge in [0.15, 0.2) is 6.04 Å². The largest absolute Gasteiger partial charge is 0.496 e. The van der Waals surface area contributed by atoms with Gasteiger partial charge in [-0.3, -0.25) is 4.79 Å². The molecule has 31 heavy (non-hydrogen) atoms. The number of rotatable bonds is 5. The summed E-state index contributed by atoms with van der Waals surface area (Å²) in [5, 5.41) is 6.86. The number of hydrogen-bond donors (Lipinski definition) is 1. The van der Waals surface area contributed by atoms with Gasteiger partial charge in [-0.05, 0) is 43.2 Å². The summed E-state index contributed by atoms with van der Waals surface area (Å²) in [6.45, 7) is 1.08. The second-order valence-electron chi connectivity index (χ2n) is 8.13. The number of nitrogens with zero attached hydrogens (tertiary/aromatic N) is 4. The Morgan fingerprint density at radius 2 is 2.13 bits per heavy atom. The zero-order chi connectivity index (χ0) is 22.0. The van der Waals surface area contributed by atoms with Crippen LogP contribution in [0.3, 0.4) is 0 Å². The Morgan fingerprint density at radius 1 is 1.32 bits per heavy atom. The molecule has 0 bridgehead atoms. The highest BCUT2D eigenvalue weighted by Crippen LogP contribution is 2.40. The van der Waals surface area contributed by atoms with Gasteiger partial charge in [-0.1, -0.05) is 18.2 Å². The van der Waals surface area contributed by atoms with Crippen LogP contribution in [0.2, 0.25) is 0 Å². The third kappa shape index (κ3) is 4.62. The molecule has 1 aromatic carbocycles. The first kappa shape index (κ1) is 21.5. The minimum Gasteiger partial charge on any atom is -0.496 e. The fourth-order valence-corrected chi connectivity index (χ4v) is 4.60. The molecule has 3 heterocycles. The lowest BCUT2D eigenvalue weighted by Crippen LogP contribution is -2.49. The predicted molar refractivity (Wildman–Crippen MR) is 108 cm³/mol. The SMILES string of the molecule is COc1ccccc1CCC(=O)N1CCCC([C@@H]2C[C@H](C(F)(F)F)n3ncnc3N2)C1. The third-order valence-electron chi connectivity index (χ3n) is 6.22. The van der Waals surface area contributed by atoms with E-state index in [9.17, 15) is 18.0 Å². The summed E-state index contributed by atoms with van der Waals surface area (Å²) in [6, 6.07) is 5.47. The van der Waals surface area contributed by atoms with Crippen LogP contribution in [0.25, 0.3) is 0 Å². The van der Waals surface area contributed by atoms with Gasteiger partial charge < -0.3 is 15.0 Å². The van der Waals surface area contributed by atoms with Crippen LogP contribution in [0.15, 0.2) is 30.6 Å². The molecule has 2 aromatic rings. The molecule has 1 aromatic heterocycles. The Morgan fingerprint density at radius 3 is 2.90 bits per heavy atom. The van der Waals surface area contributed by atoms with Crippen molar-refractivity contribution in [3.05, 3.63) is 36.2 Å². The Bertz CT molecular complexity index is 916. The minimum atomic E-state index is -4.40. The zero-order valence-corrected chi connectivity index (χ0v) is 17.3. The molecule has 0 spiro atoms. The number of ether oxygens (including phenoxy) is 1. The molecule has 3 atom stereocenters. The van der Waals surface area contributed by atoms with Crippen molar-refractivity contribution in [2.45, 2.75) is 50.4 Å². The lowest BCUT2D eigenvalue weighted by atomic mass is 9.85. The number of carbonyl (C=O) groups excluding carboxylic acids is 1. The van der Waals surface area contributed by atoms with Gasteiger partial charge in [0.25, 0.3) is 0 Å². The second kappa shape index (κ2) is 8.76. The normalized spacial score (nSPS) is 23.7. The summed E-state index contributed by atoms with van der Waals surface area (Å²) < 4.78 is 47.0. The van der Waals surface area contributed by atoms with Crippen molar-refractivity contribution in [3.8, 4) is 5.75 Å². The van der Waals surface area contributed by atoms with Crippen molar-refractivity contribution < 1.29 is 22.7 Å². The quantitative estimate of drug-likeness (QED) is 0.776. The van der Waals surface area contributed by atoms with Crippen LogP contribution in [0, 0.1) is 5.92 Å². The van der Waals surface area contributed by atoms with E-state index in [1.807, 2.05) is 24.3 Å². The molecule has 1 saturated heterocycles. The average Bonchev–Trinajstić information content (AvgIpc) is 3.25. The molecule has 1 amide bonds. The highest BCUT2D eigenvalue weighted by molar-refractivity contribution is 5.76. The van der Waals surface area contributed by atoms with E-state index in [0.29, 0.717) is 25.9 Å². The number of amides is 1. The van der Waals surface area contributed by atoms with Gasteiger partial charge in [-0.15, -0.1) is 0 Å². The smallest absolute Gasteiger partial charge is 0.411 e. The van der Waals surface area contributed by atoms with E-state index in [4.69, 9.17) is 4.74 Å². The molecule has 0 radical (unpaired) electrons. The van der Waals surface area contributed by atoms with Crippen LogP contribution in [-0.4, -0.2) is 58.0 Å². The summed E-state index contributed by atoms with van der Waals surface area (Å²) in [5.41, 5.74) is 0.966. The monoisotopic (exact) mass is 437 g/mol. The van der Waals surface area contributed by atoms with Crippen molar-refractivity contribution >= 4 is 11.9 Å². The topological polar surface area (TPSA) is 72.3 Å². The molecule has 7 nitrogen and oxygen atoms in total. The van der Waals surface area contributed by atoms with Crippen LogP contribution in [-0.2, 0) is 11.2 Å². The Labute approximate surface area is 178 Å². The molecular weight excluding hydrogens is 411 g/mol. The van der Waals surface area contributed by atoms with Crippen LogP contribution in [0.5, 0.6) is 5.75 Å². The van der Waals surface area contributed by atoms with Gasteiger partial charge >= 0.3 is 6.18 Å². The van der Waals surface area contributed by atoms with Gasteiger partial charge in [0.2, 0.25) is 11.9 Å². The number of benzene rings is 1. The minimum absolute atomic E-state index is 0.0157. The summed E-state index contributed by atoms with van der Waals surface area (Å²) in [7, 11) is 1.60. The first-order valence-electron chi connectivity index (χ1n) is 10.5. The molecular formula is C21H26F3N5O2. The summed E-state index contributed by atoms with van der Waals surface area (Å²) >= 11 is 0. The number of para-hydroxylation sites is 1. The highest BCUT2D eigenvalue weighted by Gasteiger charge is 2.48. The number of halogens is 3. The molecule has 4 rings (SSSR count). The third-order valence-corrected chi connectivity index (χ3v) is 6.22. The molecule has 1 unspecified atom stereocenters. The number of alkyl halides is 3. The number of nitrogens with one attached hydrogen (secondary N) is 1. The summed E-state index contributed by atoms with van der Waals surface area (Å²) in [5.74, 6) is 0.833. The molecule has 168 valence electrons. The van der Waals surface area contributed by atoms with Crippen molar-refractivity contribution in [1.82, 2.24) is 19.7 Å². The molecule has 1 fully saturated rings. The van der Waals surface area contributed by atoms with Crippen LogP contribution in [0.1, 0.15) is 37.3 Å². The number of piperidine rings is 1. The van der Waals surface area contributed by atoms with Crippen molar-refractivity contribution in [3.63, 3.8) is 0 Å². The maximum atomic E-state index is 13.6. The van der Waals surface area contributed by atoms with Crippen molar-refractivity contribution in [2.75, 3.05) is 25.5 Å². The van der Waals surface area contributed by atoms with Crippen molar-refractivity contribution in [2.24, 2.45) is 5.92 Å².